The van der Waals surface area contributed by atoms with E-state index in [1.807, 2.05) is 6.07 Å². The molecule has 0 aliphatic carbocycles. The van der Waals surface area contributed by atoms with Crippen molar-refractivity contribution in [3.05, 3.63) is 35.4 Å². The summed E-state index contributed by atoms with van der Waals surface area (Å²) in [4.78, 5) is 31.6. The number of morpholine rings is 1. The predicted molar refractivity (Wildman–Crippen MR) is 109 cm³/mol. The Morgan fingerprint density at radius 1 is 1.34 bits per heavy atom. The smallest absolute Gasteiger partial charge is 0.478 e. The number of ether oxygens (including phenoxy) is 1. The van der Waals surface area contributed by atoms with Crippen molar-refractivity contribution in [3.8, 4) is 0 Å². The van der Waals surface area contributed by atoms with E-state index < -0.39 is 19.7 Å². The Bertz CT molecular complexity index is 706. The minimum Gasteiger partial charge on any atom is -0.478 e. The number of unbranched alkanes of at least 4 members (excludes halogenated alkanes) is 2. The minimum absolute atomic E-state index is 0.0326. The third-order valence-corrected chi connectivity index (χ3v) is 6.20. The van der Waals surface area contributed by atoms with Crippen molar-refractivity contribution in [3.63, 3.8) is 0 Å². The lowest BCUT2D eigenvalue weighted by molar-refractivity contribution is -0.118. The predicted octanol–water partition coefficient (Wildman–Crippen LogP) is 2.08. The number of amides is 1. The van der Waals surface area contributed by atoms with Crippen LogP contribution in [-0.2, 0) is 20.5 Å². The van der Waals surface area contributed by atoms with Gasteiger partial charge in [0.1, 0.15) is 6.10 Å². The highest BCUT2D eigenvalue weighted by Crippen LogP contribution is 2.32. The van der Waals surface area contributed by atoms with Crippen LogP contribution in [0.15, 0.2) is 24.3 Å². The van der Waals surface area contributed by atoms with Gasteiger partial charge in [-0.05, 0) is 47.9 Å². The summed E-state index contributed by atoms with van der Waals surface area (Å²) in [6, 6.07) is 6.86. The highest BCUT2D eigenvalue weighted by molar-refractivity contribution is 7.39. The van der Waals surface area contributed by atoms with Gasteiger partial charge < -0.3 is 20.5 Å². The maximum Gasteiger partial charge on any atom is 0.511 e. The Kier molecular flexibility index (Phi) is 9.67. The van der Waals surface area contributed by atoms with Gasteiger partial charge in [-0.1, -0.05) is 18.6 Å². The summed E-state index contributed by atoms with van der Waals surface area (Å²) in [6.07, 6.45) is 3.44. The molecule has 8 nitrogen and oxygen atoms in total. The number of carboxylic acids is 1. The largest absolute Gasteiger partial charge is 0.511 e. The van der Waals surface area contributed by atoms with E-state index in [4.69, 9.17) is 9.84 Å². The molecule has 4 atom stereocenters. The van der Waals surface area contributed by atoms with E-state index in [1.165, 1.54) is 6.92 Å². The molecular weight excluding hydrogens is 395 g/mol. The average molecular weight is 425 g/mol. The van der Waals surface area contributed by atoms with Crippen molar-refractivity contribution < 1.29 is 28.9 Å². The second-order valence-electron chi connectivity index (χ2n) is 7.39. The van der Waals surface area contributed by atoms with Crippen LogP contribution >= 0.6 is 8.03 Å². The first kappa shape index (κ1) is 23.4. The molecule has 1 aliphatic rings. The summed E-state index contributed by atoms with van der Waals surface area (Å²) in [6.45, 7) is 3.00. The zero-order chi connectivity index (χ0) is 21.2. The molecular formula is C20H30N2O6P+. The van der Waals surface area contributed by atoms with Crippen LogP contribution in [0.4, 0.5) is 0 Å². The lowest BCUT2D eigenvalue weighted by Gasteiger charge is -2.31. The third-order valence-electron chi connectivity index (χ3n) is 5.04. The van der Waals surface area contributed by atoms with E-state index in [0.717, 1.165) is 24.8 Å². The molecule has 0 radical (unpaired) electrons. The van der Waals surface area contributed by atoms with E-state index >= 15 is 0 Å². The van der Waals surface area contributed by atoms with Crippen LogP contribution < -0.4 is 10.6 Å². The first-order valence-corrected chi connectivity index (χ1v) is 11.2. The molecule has 1 fully saturated rings. The van der Waals surface area contributed by atoms with E-state index in [-0.39, 0.29) is 23.6 Å². The molecule has 0 saturated carbocycles. The van der Waals surface area contributed by atoms with Gasteiger partial charge in [0.15, 0.2) is 0 Å². The molecule has 0 bridgehead atoms. The van der Waals surface area contributed by atoms with Crippen molar-refractivity contribution in [2.75, 3.05) is 19.7 Å². The molecule has 2 unspecified atom stereocenters. The molecule has 29 heavy (non-hydrogen) atoms. The normalized spacial score (nSPS) is 20.7. The van der Waals surface area contributed by atoms with Crippen LogP contribution in [0.5, 0.6) is 0 Å². The molecule has 1 aliphatic heterocycles. The van der Waals surface area contributed by atoms with Gasteiger partial charge in [-0.15, -0.1) is 0 Å². The number of benzene rings is 1. The number of rotatable bonds is 11. The minimum atomic E-state index is -2.35. The number of carbonyl (C=O) groups is 2. The standard InChI is InChI=1S/C20H29N2O6P/c1-14(23)21-9-4-2-3-8-19(29(26)27)18-12-22-17(13-28-18)11-15-6-5-7-16(10-15)20(24)25/h5-7,10,17-19,22H,2-4,8-9,11-13H2,1H3,(H2-,21,23,24,25,26,27)/p+1/t17-,18-,19?/m1/s1. The molecule has 0 spiro atoms. The Morgan fingerprint density at radius 2 is 2.14 bits per heavy atom. The molecule has 1 heterocycles. The number of hydrogen-bond acceptors (Lipinski definition) is 5. The van der Waals surface area contributed by atoms with Crippen molar-refractivity contribution >= 4 is 19.9 Å². The fraction of sp³-hybridized carbons (Fsp3) is 0.600. The van der Waals surface area contributed by atoms with Crippen LogP contribution in [0.25, 0.3) is 0 Å². The number of carboxylic acid groups (broad SMARTS) is 1. The number of aromatic carboxylic acids is 1. The molecule has 1 saturated heterocycles. The van der Waals surface area contributed by atoms with Crippen molar-refractivity contribution in [1.82, 2.24) is 10.6 Å². The van der Waals surface area contributed by atoms with Crippen LogP contribution in [0.1, 0.15) is 48.5 Å². The van der Waals surface area contributed by atoms with Gasteiger partial charge in [0.25, 0.3) is 0 Å². The van der Waals surface area contributed by atoms with E-state index in [1.54, 1.807) is 18.2 Å². The average Bonchev–Trinajstić information content (AvgIpc) is 2.68. The first-order chi connectivity index (χ1) is 13.9. The molecule has 1 aromatic carbocycles. The topological polar surface area (TPSA) is 125 Å². The highest BCUT2D eigenvalue weighted by atomic mass is 31.1. The van der Waals surface area contributed by atoms with E-state index in [0.29, 0.717) is 32.5 Å². The van der Waals surface area contributed by atoms with Gasteiger partial charge in [-0.2, -0.15) is 4.89 Å². The van der Waals surface area contributed by atoms with Crippen molar-refractivity contribution in [2.24, 2.45) is 0 Å². The van der Waals surface area contributed by atoms with Gasteiger partial charge in [-0.25, -0.2) is 4.79 Å². The monoisotopic (exact) mass is 425 g/mol. The summed E-state index contributed by atoms with van der Waals surface area (Å²) in [5.74, 6) is -1.00. The van der Waals surface area contributed by atoms with Crippen molar-refractivity contribution in [2.45, 2.75) is 56.8 Å². The van der Waals surface area contributed by atoms with Crippen molar-refractivity contribution in [1.29, 1.82) is 0 Å². The molecule has 1 aromatic rings. The Hall–Kier alpha value is -1.86. The quantitative estimate of drug-likeness (QED) is 0.316. The molecule has 0 aromatic heterocycles. The maximum atomic E-state index is 11.8. The van der Waals surface area contributed by atoms with E-state index in [9.17, 15) is 19.0 Å². The second kappa shape index (κ2) is 12.0. The molecule has 160 valence electrons. The number of nitrogens with one attached hydrogen (secondary N) is 2. The lowest BCUT2D eigenvalue weighted by atomic mass is 10.0. The van der Waals surface area contributed by atoms with Gasteiger partial charge >= 0.3 is 14.0 Å². The van der Waals surface area contributed by atoms with Crippen LogP contribution in [0, 0.1) is 0 Å². The molecule has 1 amide bonds. The Morgan fingerprint density at radius 3 is 2.76 bits per heavy atom. The zero-order valence-corrected chi connectivity index (χ0v) is 17.6. The zero-order valence-electron chi connectivity index (χ0n) is 16.7. The third kappa shape index (κ3) is 8.19. The Balaban J connectivity index is 1.76. The van der Waals surface area contributed by atoms with Gasteiger partial charge in [0.05, 0.1) is 12.2 Å². The lowest BCUT2D eigenvalue weighted by Crippen LogP contribution is -2.50. The van der Waals surface area contributed by atoms with Gasteiger partial charge in [0, 0.05) is 26.1 Å². The summed E-state index contributed by atoms with van der Waals surface area (Å²) in [5.41, 5.74) is 0.746. The summed E-state index contributed by atoms with van der Waals surface area (Å²) in [5, 5.41) is 15.2. The highest BCUT2D eigenvalue weighted by Gasteiger charge is 2.40. The molecule has 4 N–H and O–H groups in total. The number of carbonyl (C=O) groups excluding carboxylic acids is 1. The molecule has 2 rings (SSSR count). The van der Waals surface area contributed by atoms with E-state index in [2.05, 4.69) is 10.6 Å². The fourth-order valence-corrected chi connectivity index (χ4v) is 4.37. The summed E-state index contributed by atoms with van der Waals surface area (Å²) in [7, 11) is -2.35. The van der Waals surface area contributed by atoms with Crippen LogP contribution in [0.2, 0.25) is 0 Å². The Labute approximate surface area is 171 Å². The van der Waals surface area contributed by atoms with Crippen LogP contribution in [0.3, 0.4) is 0 Å². The van der Waals surface area contributed by atoms with Gasteiger partial charge in [0.2, 0.25) is 11.6 Å². The number of hydrogen-bond donors (Lipinski definition) is 4. The van der Waals surface area contributed by atoms with Gasteiger partial charge in [-0.3, -0.25) is 4.79 Å². The summed E-state index contributed by atoms with van der Waals surface area (Å²) < 4.78 is 17.7. The fourth-order valence-electron chi connectivity index (χ4n) is 3.49. The second-order valence-corrected chi connectivity index (χ2v) is 8.66. The summed E-state index contributed by atoms with van der Waals surface area (Å²) >= 11 is 0. The SMILES string of the molecule is CC(=O)NCCCCCC([C@H]1CN[C@H](Cc2cccc(C(=O)O)c2)CO1)[P+](=O)O. The molecule has 9 heteroatoms. The first-order valence-electron chi connectivity index (χ1n) is 9.93. The maximum absolute atomic E-state index is 11.8. The van der Waals surface area contributed by atoms with Crippen LogP contribution in [-0.4, -0.2) is 59.4 Å².